The normalized spacial score (nSPS) is 22.1. The second kappa shape index (κ2) is 6.34. The minimum Gasteiger partial charge on any atom is -0.381 e. The molecule has 0 aliphatic carbocycles. The van der Waals surface area contributed by atoms with Gasteiger partial charge in [-0.2, -0.15) is 5.10 Å². The number of aromatic nitrogens is 2. The van der Waals surface area contributed by atoms with Gasteiger partial charge in [-0.3, -0.25) is 4.68 Å². The summed E-state index contributed by atoms with van der Waals surface area (Å²) < 4.78 is 7.60. The Morgan fingerprint density at radius 2 is 2.44 bits per heavy atom. The first-order chi connectivity index (χ1) is 8.74. The zero-order valence-electron chi connectivity index (χ0n) is 11.8. The molecular weight excluding hydrogens is 226 g/mol. The van der Waals surface area contributed by atoms with E-state index in [1.807, 2.05) is 17.9 Å². The van der Waals surface area contributed by atoms with Crippen molar-refractivity contribution in [2.24, 2.45) is 13.0 Å². The molecule has 0 bridgehead atoms. The Balaban J connectivity index is 2.15. The second-order valence-corrected chi connectivity index (χ2v) is 5.22. The average Bonchev–Trinajstić information content (AvgIpc) is 2.73. The van der Waals surface area contributed by atoms with Crippen LogP contribution in [-0.2, 0) is 11.8 Å². The fourth-order valence-electron chi connectivity index (χ4n) is 2.68. The molecule has 1 aliphatic heterocycles. The number of ether oxygens (including phenoxy) is 1. The molecular formula is C14H25N3O. The molecule has 2 unspecified atom stereocenters. The van der Waals surface area contributed by atoms with Gasteiger partial charge in [0.15, 0.2) is 0 Å². The van der Waals surface area contributed by atoms with Crippen LogP contribution < -0.4 is 5.32 Å². The van der Waals surface area contributed by atoms with Crippen LogP contribution in [0.2, 0.25) is 0 Å². The molecule has 2 atom stereocenters. The summed E-state index contributed by atoms with van der Waals surface area (Å²) in [5.74, 6) is 0.577. The summed E-state index contributed by atoms with van der Waals surface area (Å²) in [6.45, 7) is 7.19. The van der Waals surface area contributed by atoms with E-state index < -0.39 is 0 Å². The molecule has 1 N–H and O–H groups in total. The van der Waals surface area contributed by atoms with Crippen molar-refractivity contribution in [3.63, 3.8) is 0 Å². The summed E-state index contributed by atoms with van der Waals surface area (Å²) in [4.78, 5) is 0. The smallest absolute Gasteiger partial charge is 0.0540 e. The van der Waals surface area contributed by atoms with Gasteiger partial charge in [-0.15, -0.1) is 0 Å². The lowest BCUT2D eigenvalue weighted by atomic mass is 9.89. The third kappa shape index (κ3) is 2.93. The Hall–Kier alpha value is -0.870. The Morgan fingerprint density at radius 1 is 1.61 bits per heavy atom. The highest BCUT2D eigenvalue weighted by atomic mass is 16.5. The van der Waals surface area contributed by atoms with Crippen LogP contribution in [0.1, 0.15) is 43.5 Å². The Morgan fingerprint density at radius 3 is 3.00 bits per heavy atom. The topological polar surface area (TPSA) is 39.1 Å². The summed E-state index contributed by atoms with van der Waals surface area (Å²) in [5.41, 5.74) is 2.59. The third-order valence-electron chi connectivity index (χ3n) is 3.89. The predicted molar refractivity (Wildman–Crippen MR) is 72.5 cm³/mol. The maximum Gasteiger partial charge on any atom is 0.0540 e. The monoisotopic (exact) mass is 251 g/mol. The molecule has 0 aromatic carbocycles. The molecule has 2 heterocycles. The van der Waals surface area contributed by atoms with E-state index in [1.54, 1.807) is 0 Å². The summed E-state index contributed by atoms with van der Waals surface area (Å²) in [7, 11) is 2.01. The lowest BCUT2D eigenvalue weighted by molar-refractivity contribution is 0.0389. The van der Waals surface area contributed by atoms with E-state index in [0.29, 0.717) is 12.0 Å². The van der Waals surface area contributed by atoms with Crippen LogP contribution >= 0.6 is 0 Å². The molecule has 0 amide bonds. The van der Waals surface area contributed by atoms with Gasteiger partial charge in [0, 0.05) is 36.9 Å². The van der Waals surface area contributed by atoms with E-state index in [4.69, 9.17) is 4.74 Å². The SMILES string of the molecule is CCCNC(c1cnn(C)c1C)C1CCCOC1. The van der Waals surface area contributed by atoms with Crippen molar-refractivity contribution < 1.29 is 4.74 Å². The number of nitrogens with one attached hydrogen (secondary N) is 1. The van der Waals surface area contributed by atoms with Gasteiger partial charge in [0.05, 0.1) is 12.8 Å². The van der Waals surface area contributed by atoms with Crippen molar-refractivity contribution in [2.75, 3.05) is 19.8 Å². The van der Waals surface area contributed by atoms with Gasteiger partial charge in [-0.1, -0.05) is 6.92 Å². The summed E-state index contributed by atoms with van der Waals surface area (Å²) >= 11 is 0. The van der Waals surface area contributed by atoms with Crippen molar-refractivity contribution in [1.82, 2.24) is 15.1 Å². The van der Waals surface area contributed by atoms with E-state index in [1.165, 1.54) is 24.1 Å². The fraction of sp³-hybridized carbons (Fsp3) is 0.786. The van der Waals surface area contributed by atoms with Crippen molar-refractivity contribution in [1.29, 1.82) is 0 Å². The summed E-state index contributed by atoms with van der Waals surface area (Å²) in [6, 6.07) is 0.388. The van der Waals surface area contributed by atoms with Crippen LogP contribution in [0.5, 0.6) is 0 Å². The van der Waals surface area contributed by atoms with Crippen molar-refractivity contribution >= 4 is 0 Å². The van der Waals surface area contributed by atoms with Gasteiger partial charge < -0.3 is 10.1 Å². The van der Waals surface area contributed by atoms with Crippen LogP contribution in [0.25, 0.3) is 0 Å². The Bertz CT molecular complexity index is 369. The van der Waals surface area contributed by atoms with Gasteiger partial charge in [-0.25, -0.2) is 0 Å². The molecule has 1 aromatic rings. The van der Waals surface area contributed by atoms with Crippen LogP contribution in [0, 0.1) is 12.8 Å². The number of nitrogens with zero attached hydrogens (tertiary/aromatic N) is 2. The molecule has 4 heteroatoms. The molecule has 0 spiro atoms. The first-order valence-electron chi connectivity index (χ1n) is 7.03. The number of hydrogen-bond acceptors (Lipinski definition) is 3. The van der Waals surface area contributed by atoms with E-state index >= 15 is 0 Å². The number of hydrogen-bond donors (Lipinski definition) is 1. The first-order valence-corrected chi connectivity index (χ1v) is 7.03. The summed E-state index contributed by atoms with van der Waals surface area (Å²) in [5, 5.41) is 8.05. The Kier molecular flexibility index (Phi) is 4.78. The summed E-state index contributed by atoms with van der Waals surface area (Å²) in [6.07, 6.45) is 5.59. The molecule has 2 rings (SSSR count). The zero-order chi connectivity index (χ0) is 13.0. The minimum absolute atomic E-state index is 0.388. The fourth-order valence-corrected chi connectivity index (χ4v) is 2.68. The van der Waals surface area contributed by atoms with E-state index in [-0.39, 0.29) is 0 Å². The van der Waals surface area contributed by atoms with Crippen LogP contribution in [0.15, 0.2) is 6.20 Å². The van der Waals surface area contributed by atoms with Gasteiger partial charge >= 0.3 is 0 Å². The predicted octanol–water partition coefficient (Wildman–Crippen LogP) is 2.20. The molecule has 18 heavy (non-hydrogen) atoms. The molecule has 1 saturated heterocycles. The highest BCUT2D eigenvalue weighted by molar-refractivity contribution is 5.21. The zero-order valence-corrected chi connectivity index (χ0v) is 11.8. The van der Waals surface area contributed by atoms with Crippen LogP contribution in [0.4, 0.5) is 0 Å². The maximum absolute atomic E-state index is 5.64. The van der Waals surface area contributed by atoms with Crippen molar-refractivity contribution in [3.05, 3.63) is 17.5 Å². The van der Waals surface area contributed by atoms with Crippen molar-refractivity contribution in [3.8, 4) is 0 Å². The van der Waals surface area contributed by atoms with E-state index in [2.05, 4.69) is 24.3 Å². The standard InChI is InChI=1S/C14H25N3O/c1-4-7-15-14(12-6-5-8-18-10-12)13-9-16-17(3)11(13)2/h9,12,14-15H,4-8,10H2,1-3H3. The maximum atomic E-state index is 5.64. The average molecular weight is 251 g/mol. The lowest BCUT2D eigenvalue weighted by Crippen LogP contribution is -2.34. The molecule has 0 saturated carbocycles. The van der Waals surface area contributed by atoms with Gasteiger partial charge in [0.25, 0.3) is 0 Å². The van der Waals surface area contributed by atoms with E-state index in [9.17, 15) is 0 Å². The van der Waals surface area contributed by atoms with Gasteiger partial charge in [0.2, 0.25) is 0 Å². The quantitative estimate of drug-likeness (QED) is 0.872. The van der Waals surface area contributed by atoms with Crippen molar-refractivity contribution in [2.45, 2.75) is 39.2 Å². The largest absolute Gasteiger partial charge is 0.381 e. The minimum atomic E-state index is 0.388. The van der Waals surface area contributed by atoms with Gasteiger partial charge in [0.1, 0.15) is 0 Å². The molecule has 1 fully saturated rings. The Labute approximate surface area is 110 Å². The molecule has 0 radical (unpaired) electrons. The highest BCUT2D eigenvalue weighted by Crippen LogP contribution is 2.30. The number of aryl methyl sites for hydroxylation is 1. The molecule has 1 aromatic heterocycles. The molecule has 102 valence electrons. The number of rotatable bonds is 5. The van der Waals surface area contributed by atoms with Gasteiger partial charge in [-0.05, 0) is 32.7 Å². The van der Waals surface area contributed by atoms with E-state index in [0.717, 1.165) is 26.2 Å². The second-order valence-electron chi connectivity index (χ2n) is 5.22. The lowest BCUT2D eigenvalue weighted by Gasteiger charge is -2.31. The van der Waals surface area contributed by atoms with Crippen LogP contribution in [-0.4, -0.2) is 29.5 Å². The van der Waals surface area contributed by atoms with Crippen LogP contribution in [0.3, 0.4) is 0 Å². The molecule has 1 aliphatic rings. The highest BCUT2D eigenvalue weighted by Gasteiger charge is 2.27. The molecule has 4 nitrogen and oxygen atoms in total. The third-order valence-corrected chi connectivity index (χ3v) is 3.89. The first kappa shape index (κ1) is 13.6.